The number of carbonyl (C=O) groups is 1. The lowest BCUT2D eigenvalue weighted by Gasteiger charge is -2.27. The van der Waals surface area contributed by atoms with E-state index in [-0.39, 0.29) is 11.6 Å². The number of amides is 1. The van der Waals surface area contributed by atoms with Gasteiger partial charge in [-0.05, 0) is 24.3 Å². The fourth-order valence-corrected chi connectivity index (χ4v) is 3.71. The minimum absolute atomic E-state index is 0.0540. The Hall–Kier alpha value is -3.96. The molecule has 1 fully saturated rings. The molecule has 2 aromatic carbocycles. The molecule has 3 aromatic rings. The Morgan fingerprint density at radius 2 is 1.89 bits per heavy atom. The van der Waals surface area contributed by atoms with E-state index in [1.165, 1.54) is 13.3 Å². The van der Waals surface area contributed by atoms with Crippen molar-refractivity contribution in [3.63, 3.8) is 0 Å². The largest absolute Gasteiger partial charge is 0.493 e. The normalized spacial score (nSPS) is 14.7. The average molecular weight is 482 g/mol. The minimum atomic E-state index is -0.640. The van der Waals surface area contributed by atoms with Crippen LogP contribution in [0.3, 0.4) is 0 Å². The van der Waals surface area contributed by atoms with Crippen LogP contribution < -0.4 is 9.47 Å². The molecule has 0 spiro atoms. The van der Waals surface area contributed by atoms with Gasteiger partial charge in [0.25, 0.3) is 0 Å². The second-order valence-electron chi connectivity index (χ2n) is 7.71. The number of ether oxygens (including phenoxy) is 3. The molecule has 1 aliphatic heterocycles. The van der Waals surface area contributed by atoms with Gasteiger partial charge in [0.15, 0.2) is 23.8 Å². The number of morpholine rings is 1. The van der Waals surface area contributed by atoms with Gasteiger partial charge in [0.2, 0.25) is 5.88 Å². The van der Waals surface area contributed by atoms with Crippen molar-refractivity contribution >= 4 is 28.7 Å². The van der Waals surface area contributed by atoms with Crippen molar-refractivity contribution in [3.05, 3.63) is 48.0 Å². The molecule has 1 aliphatic rings. The number of para-hydroxylation sites is 1. The standard InChI is InChI=1S/C24H27N5O6/c1-32-20-8-7-17(13-21(20)33-2)14-25-35-15-22(30)26-27-23-18-5-3-4-6-19(18)29(24(23)31)16-28-9-11-34-12-10-28/h3-8,13-14,31H,9-12,15-16H2,1-2H3/b25-14+,27-26?. The van der Waals surface area contributed by atoms with E-state index in [4.69, 9.17) is 19.0 Å². The van der Waals surface area contributed by atoms with Crippen LogP contribution in [0.25, 0.3) is 10.9 Å². The van der Waals surface area contributed by atoms with Gasteiger partial charge < -0.3 is 24.2 Å². The van der Waals surface area contributed by atoms with Gasteiger partial charge in [0, 0.05) is 24.0 Å². The summed E-state index contributed by atoms with van der Waals surface area (Å²) in [5.41, 5.74) is 1.74. The number of aromatic hydroxyl groups is 1. The van der Waals surface area contributed by atoms with Crippen LogP contribution in [0, 0.1) is 0 Å². The summed E-state index contributed by atoms with van der Waals surface area (Å²) in [6, 6.07) is 12.7. The second-order valence-corrected chi connectivity index (χ2v) is 7.71. The molecule has 1 amide bonds. The van der Waals surface area contributed by atoms with E-state index in [0.29, 0.717) is 42.3 Å². The van der Waals surface area contributed by atoms with E-state index >= 15 is 0 Å². The number of hydrogen-bond donors (Lipinski definition) is 1. The highest BCUT2D eigenvalue weighted by Gasteiger charge is 2.20. The first kappa shape index (κ1) is 24.2. The number of oxime groups is 1. The van der Waals surface area contributed by atoms with Gasteiger partial charge in [0.1, 0.15) is 0 Å². The van der Waals surface area contributed by atoms with E-state index in [1.54, 1.807) is 29.9 Å². The Morgan fingerprint density at radius 3 is 2.66 bits per heavy atom. The predicted molar refractivity (Wildman–Crippen MR) is 129 cm³/mol. The van der Waals surface area contributed by atoms with Crippen molar-refractivity contribution in [1.82, 2.24) is 9.47 Å². The number of azo groups is 1. The highest BCUT2D eigenvalue weighted by atomic mass is 16.6. The van der Waals surface area contributed by atoms with Gasteiger partial charge in [-0.15, -0.1) is 10.2 Å². The number of benzene rings is 2. The first-order valence-electron chi connectivity index (χ1n) is 11.0. The van der Waals surface area contributed by atoms with Crippen molar-refractivity contribution in [2.75, 3.05) is 47.1 Å². The number of carbonyl (C=O) groups excluding carboxylic acids is 1. The second kappa shape index (κ2) is 11.4. The molecule has 4 rings (SSSR count). The molecule has 1 aromatic heterocycles. The topological polar surface area (TPSA) is 119 Å². The third kappa shape index (κ3) is 5.76. The molecule has 1 saturated heterocycles. The SMILES string of the molecule is COc1ccc(/C=N/OCC(=O)N=Nc2c(O)n(CN3CCOCC3)c3ccccc23)cc1OC. The van der Waals surface area contributed by atoms with Gasteiger partial charge in [-0.25, -0.2) is 0 Å². The molecular formula is C24H27N5O6. The quantitative estimate of drug-likeness (QED) is 0.283. The lowest BCUT2D eigenvalue weighted by Crippen LogP contribution is -2.37. The van der Waals surface area contributed by atoms with Crippen LogP contribution in [0.5, 0.6) is 17.4 Å². The molecule has 0 bridgehead atoms. The van der Waals surface area contributed by atoms with Crippen LogP contribution in [0.4, 0.5) is 5.69 Å². The Morgan fingerprint density at radius 1 is 1.11 bits per heavy atom. The zero-order valence-corrected chi connectivity index (χ0v) is 19.6. The maximum atomic E-state index is 12.2. The van der Waals surface area contributed by atoms with Crippen LogP contribution in [0.2, 0.25) is 0 Å². The Kier molecular flexibility index (Phi) is 7.91. The van der Waals surface area contributed by atoms with Crippen LogP contribution in [0.15, 0.2) is 57.8 Å². The van der Waals surface area contributed by atoms with E-state index < -0.39 is 12.5 Å². The Balaban J connectivity index is 1.40. The van der Waals surface area contributed by atoms with Gasteiger partial charge in [0.05, 0.1) is 45.8 Å². The first-order chi connectivity index (χ1) is 17.1. The van der Waals surface area contributed by atoms with Crippen molar-refractivity contribution in [1.29, 1.82) is 0 Å². The summed E-state index contributed by atoms with van der Waals surface area (Å²) in [4.78, 5) is 19.4. The summed E-state index contributed by atoms with van der Waals surface area (Å²) in [6.45, 7) is 2.91. The minimum Gasteiger partial charge on any atom is -0.493 e. The Bertz CT molecular complexity index is 1230. The zero-order valence-electron chi connectivity index (χ0n) is 19.6. The molecule has 11 nitrogen and oxygen atoms in total. The van der Waals surface area contributed by atoms with Crippen molar-refractivity contribution in [2.45, 2.75) is 6.67 Å². The number of methoxy groups -OCH3 is 2. The van der Waals surface area contributed by atoms with Gasteiger partial charge in [-0.2, -0.15) is 0 Å². The molecular weight excluding hydrogens is 454 g/mol. The van der Waals surface area contributed by atoms with Crippen LogP contribution in [0.1, 0.15) is 5.56 Å². The fourth-order valence-electron chi connectivity index (χ4n) is 3.71. The fraction of sp³-hybridized carbons (Fsp3) is 0.333. The molecule has 11 heteroatoms. The molecule has 0 radical (unpaired) electrons. The molecule has 0 aliphatic carbocycles. The number of rotatable bonds is 9. The zero-order chi connectivity index (χ0) is 24.6. The summed E-state index contributed by atoms with van der Waals surface area (Å²) in [5.74, 6) is 0.449. The number of fused-ring (bicyclic) bond motifs is 1. The first-order valence-corrected chi connectivity index (χ1v) is 11.0. The number of aromatic nitrogens is 1. The summed E-state index contributed by atoms with van der Waals surface area (Å²) < 4.78 is 17.6. The third-order valence-electron chi connectivity index (χ3n) is 5.50. The van der Waals surface area contributed by atoms with Crippen LogP contribution in [-0.2, 0) is 21.0 Å². The number of hydrogen-bond acceptors (Lipinski definition) is 9. The number of nitrogens with zero attached hydrogens (tertiary/aromatic N) is 5. The summed E-state index contributed by atoms with van der Waals surface area (Å²) in [7, 11) is 3.09. The third-order valence-corrected chi connectivity index (χ3v) is 5.50. The molecule has 1 N–H and O–H groups in total. The van der Waals surface area contributed by atoms with Gasteiger partial charge in [-0.1, -0.05) is 23.4 Å². The van der Waals surface area contributed by atoms with Crippen molar-refractivity contribution in [2.24, 2.45) is 15.4 Å². The Labute approximate surface area is 202 Å². The molecule has 2 heterocycles. The van der Waals surface area contributed by atoms with Crippen molar-refractivity contribution in [3.8, 4) is 17.4 Å². The van der Waals surface area contributed by atoms with E-state index in [0.717, 1.165) is 18.6 Å². The lowest BCUT2D eigenvalue weighted by molar-refractivity contribution is -0.122. The van der Waals surface area contributed by atoms with Crippen LogP contribution >= 0.6 is 0 Å². The summed E-state index contributed by atoms with van der Waals surface area (Å²) in [6.07, 6.45) is 1.44. The van der Waals surface area contributed by atoms with Crippen molar-refractivity contribution < 1.29 is 28.9 Å². The van der Waals surface area contributed by atoms with E-state index in [1.807, 2.05) is 24.3 Å². The smallest absolute Gasteiger partial charge is 0.304 e. The highest BCUT2D eigenvalue weighted by molar-refractivity contribution is 5.95. The molecule has 184 valence electrons. The van der Waals surface area contributed by atoms with Gasteiger partial charge in [-0.3, -0.25) is 14.3 Å². The molecule has 0 unspecified atom stereocenters. The summed E-state index contributed by atoms with van der Waals surface area (Å²) in [5, 5.41) is 23.1. The molecule has 0 saturated carbocycles. The highest BCUT2D eigenvalue weighted by Crippen LogP contribution is 2.39. The van der Waals surface area contributed by atoms with Crippen LogP contribution in [-0.4, -0.2) is 73.8 Å². The van der Waals surface area contributed by atoms with Gasteiger partial charge >= 0.3 is 5.91 Å². The molecule has 0 atom stereocenters. The van der Waals surface area contributed by atoms with E-state index in [2.05, 4.69) is 20.3 Å². The maximum absolute atomic E-state index is 12.2. The predicted octanol–water partition coefficient (Wildman–Crippen LogP) is 3.31. The lowest BCUT2D eigenvalue weighted by atomic mass is 10.2. The van der Waals surface area contributed by atoms with E-state index in [9.17, 15) is 9.90 Å². The monoisotopic (exact) mass is 481 g/mol. The maximum Gasteiger partial charge on any atom is 0.304 e. The molecule has 35 heavy (non-hydrogen) atoms. The summed E-state index contributed by atoms with van der Waals surface area (Å²) >= 11 is 0. The average Bonchev–Trinajstić information content (AvgIpc) is 3.16.